The average Bonchev–Trinajstić information content (AvgIpc) is 2.66. The van der Waals surface area contributed by atoms with Crippen LogP contribution >= 0.6 is 0 Å². The van der Waals surface area contributed by atoms with Crippen LogP contribution in [0, 0.1) is 0 Å². The SMILES string of the molecule is CC1(C)OC2CC3Cc4[nH]ncc4N1N32. The van der Waals surface area contributed by atoms with E-state index in [0.717, 1.165) is 12.8 Å². The van der Waals surface area contributed by atoms with Gasteiger partial charge in [-0.25, -0.2) is 0 Å². The molecule has 0 saturated carbocycles. The van der Waals surface area contributed by atoms with E-state index in [4.69, 9.17) is 4.74 Å². The van der Waals surface area contributed by atoms with Gasteiger partial charge in [-0.3, -0.25) is 10.1 Å². The van der Waals surface area contributed by atoms with Crippen LogP contribution in [-0.2, 0) is 11.2 Å². The number of nitrogens with one attached hydrogen (secondary N) is 1. The van der Waals surface area contributed by atoms with E-state index < -0.39 is 0 Å². The summed E-state index contributed by atoms with van der Waals surface area (Å²) in [7, 11) is 0. The number of hydrogen-bond donors (Lipinski definition) is 1. The Kier molecular flexibility index (Phi) is 1.19. The maximum atomic E-state index is 6.00. The summed E-state index contributed by atoms with van der Waals surface area (Å²) in [5.41, 5.74) is 2.19. The van der Waals surface area contributed by atoms with Crippen molar-refractivity contribution in [2.45, 2.75) is 44.7 Å². The van der Waals surface area contributed by atoms with Gasteiger partial charge in [-0.15, -0.1) is 0 Å². The van der Waals surface area contributed by atoms with Crippen LogP contribution in [0.4, 0.5) is 5.69 Å². The van der Waals surface area contributed by atoms with Crippen molar-refractivity contribution in [2.24, 2.45) is 0 Å². The zero-order valence-corrected chi connectivity index (χ0v) is 8.90. The number of rotatable bonds is 0. The Labute approximate surface area is 88.0 Å². The molecule has 1 aromatic heterocycles. The third-order valence-electron chi connectivity index (χ3n) is 3.67. The molecule has 15 heavy (non-hydrogen) atoms. The van der Waals surface area contributed by atoms with Gasteiger partial charge in [0.15, 0.2) is 5.72 Å². The zero-order valence-electron chi connectivity index (χ0n) is 8.90. The third-order valence-corrected chi connectivity index (χ3v) is 3.67. The minimum Gasteiger partial charge on any atom is -0.335 e. The van der Waals surface area contributed by atoms with Gasteiger partial charge in [0.05, 0.1) is 17.6 Å². The number of aromatic nitrogens is 2. The van der Waals surface area contributed by atoms with Crippen LogP contribution in [0.25, 0.3) is 0 Å². The predicted octanol–water partition coefficient (Wildman–Crippen LogP) is 0.854. The highest BCUT2D eigenvalue weighted by atomic mass is 16.6. The van der Waals surface area contributed by atoms with Crippen molar-refractivity contribution in [3.63, 3.8) is 0 Å². The number of ether oxygens (including phenoxy) is 1. The molecule has 0 bridgehead atoms. The highest BCUT2D eigenvalue weighted by Gasteiger charge is 2.58. The Bertz CT molecular complexity index is 427. The lowest BCUT2D eigenvalue weighted by molar-refractivity contribution is -0.111. The monoisotopic (exact) mass is 206 g/mol. The Balaban J connectivity index is 1.90. The normalized spacial score (nSPS) is 36.0. The van der Waals surface area contributed by atoms with Crippen LogP contribution in [0.3, 0.4) is 0 Å². The Morgan fingerprint density at radius 3 is 3.33 bits per heavy atom. The highest BCUT2D eigenvalue weighted by molar-refractivity contribution is 5.54. The van der Waals surface area contributed by atoms with E-state index in [1.165, 1.54) is 11.4 Å². The smallest absolute Gasteiger partial charge is 0.152 e. The summed E-state index contributed by atoms with van der Waals surface area (Å²) in [5, 5.41) is 11.8. The van der Waals surface area contributed by atoms with E-state index in [-0.39, 0.29) is 12.0 Å². The van der Waals surface area contributed by atoms with Crippen LogP contribution in [0.5, 0.6) is 0 Å². The van der Waals surface area contributed by atoms with Gasteiger partial charge in [0.1, 0.15) is 6.23 Å². The lowest BCUT2D eigenvalue weighted by atomic mass is 9.95. The highest BCUT2D eigenvalue weighted by Crippen LogP contribution is 2.49. The number of nitrogens with zero attached hydrogens (tertiary/aromatic N) is 3. The van der Waals surface area contributed by atoms with Crippen molar-refractivity contribution in [1.82, 2.24) is 15.2 Å². The second-order valence-electron chi connectivity index (χ2n) is 5.04. The molecule has 3 aliphatic heterocycles. The second kappa shape index (κ2) is 2.20. The summed E-state index contributed by atoms with van der Waals surface area (Å²) in [5.74, 6) is 0. The average molecular weight is 206 g/mol. The van der Waals surface area contributed by atoms with Crippen molar-refractivity contribution in [1.29, 1.82) is 0 Å². The van der Waals surface area contributed by atoms with Crippen molar-refractivity contribution in [3.05, 3.63) is 11.9 Å². The first kappa shape index (κ1) is 8.13. The maximum Gasteiger partial charge on any atom is 0.152 e. The maximum absolute atomic E-state index is 6.00. The van der Waals surface area contributed by atoms with Gasteiger partial charge in [-0.1, -0.05) is 0 Å². The molecule has 0 radical (unpaired) electrons. The molecule has 4 heterocycles. The summed E-state index contributed by atoms with van der Waals surface area (Å²) in [6, 6.07) is 0.602. The van der Waals surface area contributed by atoms with Gasteiger partial charge in [-0.05, 0) is 13.8 Å². The van der Waals surface area contributed by atoms with E-state index in [1.54, 1.807) is 0 Å². The number of H-pyrrole nitrogens is 1. The molecule has 1 aromatic rings. The van der Waals surface area contributed by atoms with Crippen LogP contribution in [-0.4, -0.2) is 33.2 Å². The van der Waals surface area contributed by atoms with E-state index in [9.17, 15) is 0 Å². The lowest BCUT2D eigenvalue weighted by Crippen LogP contribution is -2.63. The number of hydrazine groups is 1. The zero-order chi connectivity index (χ0) is 10.2. The summed E-state index contributed by atoms with van der Waals surface area (Å²) in [6.07, 6.45) is 4.39. The fraction of sp³-hybridized carbons (Fsp3) is 0.700. The molecule has 5 nitrogen and oxygen atoms in total. The fourth-order valence-electron chi connectivity index (χ4n) is 3.07. The molecule has 1 N–H and O–H groups in total. The number of aromatic amines is 1. The van der Waals surface area contributed by atoms with Gasteiger partial charge in [0.25, 0.3) is 0 Å². The van der Waals surface area contributed by atoms with Gasteiger partial charge in [0.2, 0.25) is 0 Å². The van der Waals surface area contributed by atoms with E-state index in [2.05, 4.69) is 34.1 Å². The largest absolute Gasteiger partial charge is 0.335 e. The molecule has 2 saturated heterocycles. The summed E-state index contributed by atoms with van der Waals surface area (Å²) in [4.78, 5) is 0. The van der Waals surface area contributed by atoms with Crippen molar-refractivity contribution in [2.75, 3.05) is 5.01 Å². The van der Waals surface area contributed by atoms with Gasteiger partial charge in [-0.2, -0.15) is 10.1 Å². The minimum atomic E-state index is -0.238. The summed E-state index contributed by atoms with van der Waals surface area (Å²) in [6.45, 7) is 4.23. The molecule has 2 fully saturated rings. The molecule has 4 rings (SSSR count). The minimum absolute atomic E-state index is 0.238. The molecule has 0 aliphatic carbocycles. The molecule has 0 aromatic carbocycles. The summed E-state index contributed by atoms with van der Waals surface area (Å²) < 4.78 is 6.00. The molecule has 5 heteroatoms. The quantitative estimate of drug-likeness (QED) is 0.683. The molecule has 0 spiro atoms. The second-order valence-corrected chi connectivity index (χ2v) is 5.04. The first-order valence-corrected chi connectivity index (χ1v) is 5.45. The van der Waals surface area contributed by atoms with Crippen LogP contribution in [0.15, 0.2) is 6.20 Å². The standard InChI is InChI=1S/C10H14N4O/c1-10(2)14-8-5-11-12-7(8)3-6-4-9(15-10)13(6)14/h5-6,9H,3-4H2,1-2H3,(H,11,12). The van der Waals surface area contributed by atoms with Crippen molar-refractivity contribution in [3.8, 4) is 0 Å². The molecule has 0 amide bonds. The molecular weight excluding hydrogens is 192 g/mol. The lowest BCUT2D eigenvalue weighted by Gasteiger charge is -2.50. The topological polar surface area (TPSA) is 44.4 Å². The number of fused-ring (bicyclic) bond motifs is 2. The van der Waals surface area contributed by atoms with Crippen LogP contribution in [0.2, 0.25) is 0 Å². The Hall–Kier alpha value is -1.07. The third kappa shape index (κ3) is 0.800. The van der Waals surface area contributed by atoms with Crippen LogP contribution in [0.1, 0.15) is 26.0 Å². The van der Waals surface area contributed by atoms with Crippen LogP contribution < -0.4 is 5.01 Å². The molecular formula is C10H14N4O. The van der Waals surface area contributed by atoms with Gasteiger partial charge in [0, 0.05) is 18.9 Å². The first-order chi connectivity index (χ1) is 7.17. The van der Waals surface area contributed by atoms with E-state index in [1.807, 2.05) is 6.20 Å². The molecule has 2 unspecified atom stereocenters. The predicted molar refractivity (Wildman–Crippen MR) is 54.0 cm³/mol. The van der Waals surface area contributed by atoms with Crippen molar-refractivity contribution >= 4 is 5.69 Å². The van der Waals surface area contributed by atoms with Gasteiger partial charge < -0.3 is 4.74 Å². The molecule has 3 aliphatic rings. The summed E-state index contributed by atoms with van der Waals surface area (Å²) >= 11 is 0. The fourth-order valence-corrected chi connectivity index (χ4v) is 3.07. The van der Waals surface area contributed by atoms with Gasteiger partial charge >= 0.3 is 0 Å². The first-order valence-electron chi connectivity index (χ1n) is 5.45. The molecule has 80 valence electrons. The Morgan fingerprint density at radius 1 is 1.60 bits per heavy atom. The molecule has 2 atom stereocenters. The van der Waals surface area contributed by atoms with Crippen molar-refractivity contribution < 1.29 is 4.74 Å². The number of hydrogen-bond acceptors (Lipinski definition) is 4. The number of anilines is 1. The van der Waals surface area contributed by atoms with E-state index in [0.29, 0.717) is 6.04 Å². The Morgan fingerprint density at radius 2 is 2.47 bits per heavy atom. The van der Waals surface area contributed by atoms with E-state index >= 15 is 0 Å².